The molecule has 0 saturated carbocycles. The van der Waals surface area contributed by atoms with Crippen LogP contribution in [0.15, 0.2) is 69.8 Å². The fourth-order valence-corrected chi connectivity index (χ4v) is 29.1. The van der Waals surface area contributed by atoms with Crippen LogP contribution in [0.1, 0.15) is 34.8 Å². The molecule has 0 aromatic carbocycles. The monoisotopic (exact) mass is 2180 g/mol. The molecule has 0 aliphatic carbocycles. The lowest BCUT2D eigenvalue weighted by Gasteiger charge is -2.27. The second kappa shape index (κ2) is 37.2. The summed E-state index contributed by atoms with van der Waals surface area (Å²) in [6, 6.07) is 6.22. The Morgan fingerprint density at radius 1 is 0.393 bits per heavy atom. The number of H-pyrrole nitrogens is 3. The van der Waals surface area contributed by atoms with E-state index in [0.29, 0.717) is 27.9 Å². The molecule has 6 unspecified atom stereocenters. The predicted molar refractivity (Wildman–Crippen MR) is 483 cm³/mol. The number of halogens is 6. The number of thioether (sulfide) groups is 3. The highest BCUT2D eigenvalue weighted by atomic mass is 32.7. The Morgan fingerprint density at radius 3 is 1.17 bits per heavy atom. The SMILES string of the molecule is Nc1nc2c(nnn2[C@@H]2S[C@@H]3COP(=O)(S)O[C@H]4[C@H](F)[C@H](n5ccc6c(N)ccnc65)O[C@@H]4COP(O)(=S)O[C@@H]2[C@@H]3F)c(=O)[nH]1.Nc1nc2c(nnn2[C@@H]2S[C@@H]3COP(O)(=S)O[C@H]4[C@H](F)[C@H](n5cnc6c(N)ccnc65)O[C@@H]4COP(O)(=S)O[C@@H]2[C@@H]3F)c(=O)[nH]1.Nc1nc2c(nnn2[C@@H]2S[C@@H]3COP(O)(=S)O[C@H]4[C@H](F)[C@H](n5nnc6c(N)ccnc65)O[C@@H]4COP(O)(=S)O[C@@H]2[C@@H]3F)c(=O)[nH]1. The number of hydrogen-bond donors (Lipinski definition) is 15. The molecule has 21 heterocycles. The van der Waals surface area contributed by atoms with Crippen LogP contribution in [0, 0.1) is 0 Å². The smallest absolute Gasteiger partial charge is 0.386 e. The molecule has 726 valence electrons. The molecular weight excluding hydrogens is 2110 g/mol. The number of ether oxygens (including phenoxy) is 3. The van der Waals surface area contributed by atoms with Gasteiger partial charge in [-0.3, -0.25) is 65.6 Å². The molecule has 12 aromatic rings. The maximum Gasteiger partial charge on any atom is 0.386 e. The van der Waals surface area contributed by atoms with Crippen molar-refractivity contribution in [2.45, 2.75) is 143 Å². The normalized spacial score (nSPS) is 37.7. The van der Waals surface area contributed by atoms with Gasteiger partial charge in [0.25, 0.3) is 16.7 Å². The lowest BCUT2D eigenvalue weighted by Crippen LogP contribution is -2.34. The Kier molecular flexibility index (Phi) is 26.8. The lowest BCUT2D eigenvalue weighted by molar-refractivity contribution is -0.0494. The number of alkyl halides is 6. The number of nitrogen functional groups attached to an aromatic ring is 6. The topological polar surface area (TPSA) is 734 Å². The lowest BCUT2D eigenvalue weighted by atomic mass is 10.1. The number of thiol groups is 1. The predicted octanol–water partition coefficient (Wildman–Crippen LogP) is 2.51. The van der Waals surface area contributed by atoms with Crippen LogP contribution in [-0.4, -0.2) is 291 Å². The second-order valence-electron chi connectivity index (χ2n) is 30.2. The number of anilines is 6. The molecule has 0 spiro atoms. The summed E-state index contributed by atoms with van der Waals surface area (Å²) in [5, 5.41) is 24.8. The van der Waals surface area contributed by atoms with E-state index in [2.05, 4.69) is 103 Å². The number of nitrogens with two attached hydrogens (primary N) is 6. The van der Waals surface area contributed by atoms with Crippen molar-refractivity contribution in [3.63, 3.8) is 0 Å². The summed E-state index contributed by atoms with van der Waals surface area (Å²) in [7, 11) is 0. The van der Waals surface area contributed by atoms with E-state index >= 15 is 26.3 Å². The van der Waals surface area contributed by atoms with Gasteiger partial charge in [0.05, 0.1) is 73.1 Å². The van der Waals surface area contributed by atoms with Crippen LogP contribution >= 0.6 is 87.9 Å². The van der Waals surface area contributed by atoms with E-state index in [9.17, 15) is 43.4 Å². The summed E-state index contributed by atoms with van der Waals surface area (Å²) >= 11 is 32.6. The van der Waals surface area contributed by atoms with Crippen molar-refractivity contribution in [2.75, 3.05) is 74.0 Å². The highest BCUT2D eigenvalue weighted by Crippen LogP contribution is 2.64. The fourth-order valence-electron chi connectivity index (χ4n) is 15.6. The van der Waals surface area contributed by atoms with Crippen molar-refractivity contribution in [1.82, 2.24) is 119 Å². The van der Waals surface area contributed by atoms with Crippen molar-refractivity contribution in [3.8, 4) is 0 Å². The average molecular weight is 2180 g/mol. The first-order valence-corrected chi connectivity index (χ1v) is 57.2. The average Bonchev–Trinajstić information content (AvgIpc) is 1.63. The zero-order chi connectivity index (χ0) is 95.5. The van der Waals surface area contributed by atoms with Crippen LogP contribution in [0.5, 0.6) is 0 Å². The number of imidazole rings is 1. The second-order valence-corrected chi connectivity index (χ2v) is 51.1. The van der Waals surface area contributed by atoms with Crippen LogP contribution in [0.25, 0.3) is 66.9 Å². The Bertz CT molecular complexity index is 6510. The highest BCUT2D eigenvalue weighted by Gasteiger charge is 2.59. The van der Waals surface area contributed by atoms with Crippen LogP contribution in [0.3, 0.4) is 0 Å². The summed E-state index contributed by atoms with van der Waals surface area (Å²) in [6.07, 6.45) is -22.6. The molecule has 9 aliphatic rings. The third-order valence-corrected chi connectivity index (χ3v) is 35.5. The minimum Gasteiger partial charge on any atom is -0.398 e. The first-order chi connectivity index (χ1) is 63.9. The molecule has 0 amide bonds. The van der Waals surface area contributed by atoms with E-state index in [0.717, 1.165) is 54.0 Å². The number of aromatic nitrogens is 24. The molecule has 9 fully saturated rings. The van der Waals surface area contributed by atoms with Gasteiger partial charge < -0.3 is 100 Å². The Balaban J connectivity index is 0.000000130. The van der Waals surface area contributed by atoms with E-state index < -0.39 is 239 Å². The zero-order valence-corrected chi connectivity index (χ0v) is 79.6. The van der Waals surface area contributed by atoms with Gasteiger partial charge in [0.1, 0.15) is 101 Å². The summed E-state index contributed by atoms with van der Waals surface area (Å²) in [5.74, 6) is -0.748. The van der Waals surface area contributed by atoms with Gasteiger partial charge in [-0.1, -0.05) is 33.1 Å². The molecule has 12 aromatic heterocycles. The number of nitrogens with zero attached hydrogens (tertiary/aromatic N) is 21. The third kappa shape index (κ3) is 19.1. The van der Waals surface area contributed by atoms with Gasteiger partial charge in [-0.25, -0.2) is 64.9 Å². The van der Waals surface area contributed by atoms with Crippen molar-refractivity contribution in [3.05, 3.63) is 86.4 Å². The van der Waals surface area contributed by atoms with Crippen molar-refractivity contribution < 1.29 is 124 Å². The summed E-state index contributed by atoms with van der Waals surface area (Å²) in [4.78, 5) is 128. The van der Waals surface area contributed by atoms with Crippen LogP contribution in [0.2, 0.25) is 0 Å². The minimum atomic E-state index is -4.38. The molecule has 9 saturated heterocycles. The van der Waals surface area contributed by atoms with Crippen molar-refractivity contribution >= 4 is 249 Å². The van der Waals surface area contributed by atoms with E-state index in [1.165, 1.54) is 52.4 Å². The van der Waals surface area contributed by atoms with Gasteiger partial charge in [-0.15, -0.1) is 55.7 Å². The van der Waals surface area contributed by atoms with E-state index in [-0.39, 0.29) is 73.8 Å². The fraction of sp³-hybridized carbons (Fsp3) is 0.500. The molecule has 0 radical (unpaired) electrons. The number of nitrogens with one attached hydrogen (secondary N) is 3. The number of pyridine rings is 3. The van der Waals surface area contributed by atoms with E-state index in [4.69, 9.17) is 162 Å². The maximum atomic E-state index is 16.0. The van der Waals surface area contributed by atoms with Gasteiger partial charge >= 0.3 is 40.4 Å². The molecule has 6 bridgehead atoms. The van der Waals surface area contributed by atoms with Crippen LogP contribution < -0.4 is 51.1 Å². The van der Waals surface area contributed by atoms with E-state index in [1.54, 1.807) is 12.1 Å². The molecule has 30 atom stereocenters. The summed E-state index contributed by atoms with van der Waals surface area (Å²) in [6.45, 7) is -29.4. The Morgan fingerprint density at radius 2 is 0.733 bits per heavy atom. The first-order valence-electron chi connectivity index (χ1n) is 38.7. The molecule has 135 heavy (non-hydrogen) atoms. The quantitative estimate of drug-likeness (QED) is 0.0646. The van der Waals surface area contributed by atoms with Crippen LogP contribution in [-0.2, 0) is 132 Å². The van der Waals surface area contributed by atoms with Gasteiger partial charge in [-0.2, -0.15) is 19.6 Å². The van der Waals surface area contributed by atoms with Gasteiger partial charge in [0.2, 0.25) is 17.8 Å². The summed E-state index contributed by atoms with van der Waals surface area (Å²) in [5.41, 5.74) is 34.1. The number of hydrogen-bond acceptors (Lipinski definition) is 48. The molecule has 75 heteroatoms. The van der Waals surface area contributed by atoms with Crippen LogP contribution in [0.4, 0.5) is 61.2 Å². The maximum absolute atomic E-state index is 16.0. The molecule has 54 nitrogen and oxygen atoms in total. The van der Waals surface area contributed by atoms with Crippen molar-refractivity contribution in [2.24, 2.45) is 0 Å². The zero-order valence-electron chi connectivity index (χ0n) is 66.8. The highest BCUT2D eigenvalue weighted by molar-refractivity contribution is 8.44. The minimum absolute atomic E-state index is 0.0921. The first kappa shape index (κ1) is 97.0. The van der Waals surface area contributed by atoms with Gasteiger partial charge in [-0.05, 0) is 83.3 Å². The Labute approximate surface area is 789 Å². The largest absolute Gasteiger partial charge is 0.398 e. The number of aromatic amines is 3. The standard InChI is InChI=1S/C21H23F2N9O8P2S3.C20H22F2N10O8P2S3.C19H21F2N11O8P2S3/c22-11-10-6-37-42(35,44)39-14-9(38-19(12(14)23)31-4-2-7-8(24)1-3-26-16(7)31)5-36-41(34,43)40-15(11)20(45-10)32-17-13(29-30-32)18(33)28-21(25)27-17;21-9-8-4-37-42(35,44)39-13-7(38-18(10(13)22)31-5-26-11-6(23)1-2-25-15(11)31)3-36-41(34,43)40-14(9)19(45-8)32-16-12(29-30-32)17(33)28-20(24)27-16;20-8-7-4-37-42(35,44)39-12-6(38-17(9(12)21)31-14-10(27-29-31)5(22)1-2-24-14)3-36-41(34,43)40-13(8)18(45-7)32-15-11(28-30-32)16(33)26-19(23)25-15/h1-4,9-12,14-15,19-20H,5-6H2,(H2,24,26)(H,34,43)(H,35,44)(H3,25,27,28,33);1-2,5,7-10,13-14,18-19H,3-4H2,(H2,23,25)(H,34,43)(H,35,44)(H3,24,27,28,33);1-2,6-9,12-13,17-18H,3-4H2,(H2,22,24)(H,34,43)(H,35,44)(H3,23,25,26,33)/t9-,10-,11-,12+,14-,15-,19-,20-,41?,42?;7-,8-,9-,10+,13-,14-,18-,19-,41?,42?;6-,7-,8-,9+,12-,13-,17-,18-,41?,42?/m111/s1. The Hall–Kier alpha value is -6.84. The molecular formula is C60H66F6N30O24P6S9. The number of rotatable bonds is 6. The molecule has 21 rings (SSSR count). The van der Waals surface area contributed by atoms with Gasteiger partial charge in [0, 0.05) is 35.9 Å². The number of fused-ring (bicyclic) bond motifs is 15. The summed E-state index contributed by atoms with van der Waals surface area (Å²) < 4.78 is 200. The molecule has 20 N–H and O–H groups in total. The third-order valence-electron chi connectivity index (χ3n) is 21.6. The molecule has 9 aliphatic heterocycles. The van der Waals surface area contributed by atoms with Gasteiger partial charge in [0.15, 0.2) is 87.5 Å². The van der Waals surface area contributed by atoms with E-state index in [1.807, 2.05) is 0 Å². The van der Waals surface area contributed by atoms with Crippen molar-refractivity contribution in [1.29, 1.82) is 0 Å².